The van der Waals surface area contributed by atoms with Gasteiger partial charge < -0.3 is 30.9 Å². The van der Waals surface area contributed by atoms with Gasteiger partial charge in [0.25, 0.3) is 0 Å². The van der Waals surface area contributed by atoms with Gasteiger partial charge in [0.1, 0.15) is 24.1 Å². The summed E-state index contributed by atoms with van der Waals surface area (Å²) in [5.41, 5.74) is 4.53. The molecule has 0 saturated carbocycles. The Morgan fingerprint density at radius 2 is 2.06 bits per heavy atom. The van der Waals surface area contributed by atoms with Crippen LogP contribution in [0, 0.1) is 0 Å². The van der Waals surface area contributed by atoms with Crippen molar-refractivity contribution in [3.8, 4) is 0 Å². The molecular formula is C9H13N3O6. The number of hydrogen-bond donors (Lipinski definition) is 5. The molecule has 0 unspecified atom stereocenters. The standard InChI is InChI=1S/C9H13N3O6/c10-3-1-2-12(9(17)11-3)7-5(14)4(13)6(18-7)8(15)16/h1-2,4-8,13-16H,(H2,10,11,17)/t4-,5+,6-,7+/m0/s1. The molecule has 18 heavy (non-hydrogen) atoms. The molecule has 0 radical (unpaired) electrons. The van der Waals surface area contributed by atoms with E-state index in [2.05, 4.69) is 4.98 Å². The summed E-state index contributed by atoms with van der Waals surface area (Å²) in [7, 11) is 0. The SMILES string of the molecule is Nc1ccn([C@@H]2O[C@H](C(O)O)[C@@H](O)[C@H]2O)c(=O)n1. The quantitative estimate of drug-likeness (QED) is 0.347. The number of aliphatic hydroxyl groups excluding tert-OH is 3. The maximum absolute atomic E-state index is 11.5. The molecule has 0 spiro atoms. The van der Waals surface area contributed by atoms with Gasteiger partial charge in [0.15, 0.2) is 12.5 Å². The lowest BCUT2D eigenvalue weighted by molar-refractivity contribution is -0.168. The zero-order valence-electron chi connectivity index (χ0n) is 9.12. The van der Waals surface area contributed by atoms with Crippen LogP contribution in [0.2, 0.25) is 0 Å². The first-order valence-electron chi connectivity index (χ1n) is 5.14. The fourth-order valence-electron chi connectivity index (χ4n) is 1.78. The Labute approximate surface area is 101 Å². The molecule has 1 saturated heterocycles. The number of aliphatic hydroxyl groups is 4. The molecule has 6 N–H and O–H groups in total. The zero-order chi connectivity index (χ0) is 13.4. The average molecular weight is 259 g/mol. The highest BCUT2D eigenvalue weighted by atomic mass is 16.6. The molecule has 1 aliphatic rings. The molecule has 1 aromatic rings. The van der Waals surface area contributed by atoms with Crippen LogP contribution in [-0.4, -0.2) is 54.6 Å². The molecule has 1 fully saturated rings. The van der Waals surface area contributed by atoms with Gasteiger partial charge in [0.2, 0.25) is 0 Å². The van der Waals surface area contributed by atoms with Crippen molar-refractivity contribution >= 4 is 5.82 Å². The van der Waals surface area contributed by atoms with Gasteiger partial charge in [-0.1, -0.05) is 0 Å². The number of hydrogen-bond acceptors (Lipinski definition) is 8. The van der Waals surface area contributed by atoms with Crippen molar-refractivity contribution in [2.75, 3.05) is 5.73 Å². The number of aromatic nitrogens is 2. The Bertz CT molecular complexity index is 489. The minimum atomic E-state index is -1.97. The molecular weight excluding hydrogens is 246 g/mol. The first-order valence-corrected chi connectivity index (χ1v) is 5.14. The van der Waals surface area contributed by atoms with Crippen molar-refractivity contribution in [1.29, 1.82) is 0 Å². The molecule has 100 valence electrons. The predicted molar refractivity (Wildman–Crippen MR) is 57.1 cm³/mol. The molecule has 0 bridgehead atoms. The van der Waals surface area contributed by atoms with E-state index >= 15 is 0 Å². The number of rotatable bonds is 2. The summed E-state index contributed by atoms with van der Waals surface area (Å²) in [6, 6.07) is 1.31. The van der Waals surface area contributed by atoms with Gasteiger partial charge in [-0.3, -0.25) is 4.57 Å². The second kappa shape index (κ2) is 4.63. The topological polar surface area (TPSA) is 151 Å². The van der Waals surface area contributed by atoms with Crippen LogP contribution in [0.1, 0.15) is 6.23 Å². The van der Waals surface area contributed by atoms with Crippen molar-refractivity contribution in [2.24, 2.45) is 0 Å². The summed E-state index contributed by atoms with van der Waals surface area (Å²) in [5, 5.41) is 37.2. The molecule has 9 heteroatoms. The molecule has 2 heterocycles. The van der Waals surface area contributed by atoms with E-state index in [-0.39, 0.29) is 5.82 Å². The summed E-state index contributed by atoms with van der Waals surface area (Å²) >= 11 is 0. The maximum atomic E-state index is 11.5. The van der Waals surface area contributed by atoms with Crippen molar-refractivity contribution in [1.82, 2.24) is 9.55 Å². The van der Waals surface area contributed by atoms with E-state index < -0.39 is 36.5 Å². The summed E-state index contributed by atoms with van der Waals surface area (Å²) in [6.07, 6.45) is -6.42. The Balaban J connectivity index is 2.32. The van der Waals surface area contributed by atoms with Crippen LogP contribution in [0.15, 0.2) is 17.1 Å². The highest BCUT2D eigenvalue weighted by Crippen LogP contribution is 2.29. The van der Waals surface area contributed by atoms with Gasteiger partial charge in [-0.05, 0) is 6.07 Å². The molecule has 1 aromatic heterocycles. The third kappa shape index (κ3) is 2.09. The van der Waals surface area contributed by atoms with Gasteiger partial charge in [-0.2, -0.15) is 4.98 Å². The Hall–Kier alpha value is -1.52. The molecule has 1 aliphatic heterocycles. The third-order valence-electron chi connectivity index (χ3n) is 2.69. The van der Waals surface area contributed by atoms with Crippen molar-refractivity contribution in [2.45, 2.75) is 30.8 Å². The molecule has 0 aromatic carbocycles. The normalized spacial score (nSPS) is 32.1. The highest BCUT2D eigenvalue weighted by molar-refractivity contribution is 5.23. The van der Waals surface area contributed by atoms with Crippen LogP contribution in [0.25, 0.3) is 0 Å². The second-order valence-corrected chi connectivity index (χ2v) is 3.93. The first kappa shape index (κ1) is 12.9. The van der Waals surface area contributed by atoms with Gasteiger partial charge >= 0.3 is 5.69 Å². The largest absolute Gasteiger partial charge is 0.387 e. The number of nitrogens with zero attached hydrogens (tertiary/aromatic N) is 2. The van der Waals surface area contributed by atoms with E-state index in [4.69, 9.17) is 20.7 Å². The van der Waals surface area contributed by atoms with E-state index in [0.717, 1.165) is 4.57 Å². The fraction of sp³-hybridized carbons (Fsp3) is 0.556. The summed E-state index contributed by atoms with van der Waals surface area (Å²) in [4.78, 5) is 15.0. The van der Waals surface area contributed by atoms with Gasteiger partial charge in [0.05, 0.1) is 0 Å². The van der Waals surface area contributed by atoms with E-state index in [1.54, 1.807) is 0 Å². The van der Waals surface area contributed by atoms with Crippen LogP contribution in [0.5, 0.6) is 0 Å². The molecule has 0 amide bonds. The lowest BCUT2D eigenvalue weighted by atomic mass is 10.1. The van der Waals surface area contributed by atoms with Crippen molar-refractivity contribution in [3.63, 3.8) is 0 Å². The van der Waals surface area contributed by atoms with E-state index in [1.807, 2.05) is 0 Å². The molecule has 2 rings (SSSR count). The third-order valence-corrected chi connectivity index (χ3v) is 2.69. The lowest BCUT2D eigenvalue weighted by Crippen LogP contribution is -2.38. The van der Waals surface area contributed by atoms with Crippen molar-refractivity contribution in [3.05, 3.63) is 22.7 Å². The minimum Gasteiger partial charge on any atom is -0.387 e. The fourth-order valence-corrected chi connectivity index (χ4v) is 1.78. The molecule has 0 aliphatic carbocycles. The summed E-state index contributed by atoms with van der Waals surface area (Å²) < 4.78 is 5.95. The summed E-state index contributed by atoms with van der Waals surface area (Å²) in [6.45, 7) is 0. The van der Waals surface area contributed by atoms with Crippen LogP contribution < -0.4 is 11.4 Å². The Kier molecular flexibility index (Phi) is 3.32. The Morgan fingerprint density at radius 1 is 1.39 bits per heavy atom. The maximum Gasteiger partial charge on any atom is 0.351 e. The van der Waals surface area contributed by atoms with Gasteiger partial charge in [-0.25, -0.2) is 4.79 Å². The zero-order valence-corrected chi connectivity index (χ0v) is 9.12. The first-order chi connectivity index (χ1) is 8.41. The van der Waals surface area contributed by atoms with Crippen LogP contribution >= 0.6 is 0 Å². The number of nitrogens with two attached hydrogens (primary N) is 1. The number of ether oxygens (including phenoxy) is 1. The Morgan fingerprint density at radius 3 is 2.56 bits per heavy atom. The van der Waals surface area contributed by atoms with E-state index in [0.29, 0.717) is 0 Å². The molecule has 4 atom stereocenters. The molecule has 9 nitrogen and oxygen atoms in total. The lowest BCUT2D eigenvalue weighted by Gasteiger charge is -2.17. The van der Waals surface area contributed by atoms with Gasteiger partial charge in [0, 0.05) is 6.20 Å². The number of anilines is 1. The monoisotopic (exact) mass is 259 g/mol. The predicted octanol–water partition coefficient (Wildman–Crippen LogP) is -3.24. The van der Waals surface area contributed by atoms with Crippen LogP contribution in [0.4, 0.5) is 5.82 Å². The highest BCUT2D eigenvalue weighted by Gasteiger charge is 2.46. The van der Waals surface area contributed by atoms with Crippen LogP contribution in [0.3, 0.4) is 0 Å². The smallest absolute Gasteiger partial charge is 0.351 e. The van der Waals surface area contributed by atoms with Crippen LogP contribution in [-0.2, 0) is 4.74 Å². The second-order valence-electron chi connectivity index (χ2n) is 3.93. The van der Waals surface area contributed by atoms with Crippen molar-refractivity contribution < 1.29 is 25.2 Å². The average Bonchev–Trinajstić information content (AvgIpc) is 2.57. The summed E-state index contributed by atoms with van der Waals surface area (Å²) in [5.74, 6) is 0.00280. The minimum absolute atomic E-state index is 0.00280. The number of nitrogen functional groups attached to an aromatic ring is 1. The van der Waals surface area contributed by atoms with E-state index in [9.17, 15) is 15.0 Å². The van der Waals surface area contributed by atoms with E-state index in [1.165, 1.54) is 12.3 Å². The van der Waals surface area contributed by atoms with Gasteiger partial charge in [-0.15, -0.1) is 0 Å².